The molecular weight excluding hydrogens is 390 g/mol. The standard InChI is InChI=1S/C24H39N5O2/c1-25-24(26-12-8-15-29-13-4-2-3-5-14-29)28-18-20-9-6-10-21(17-20)23(30)27-19-22-11-7-16-31-22/h6,9-10,17,22H,2-5,7-8,11-16,18-19H2,1H3,(H,27,30)(H2,25,26,28). The van der Waals surface area contributed by atoms with E-state index < -0.39 is 0 Å². The van der Waals surface area contributed by atoms with E-state index >= 15 is 0 Å². The minimum atomic E-state index is -0.0478. The van der Waals surface area contributed by atoms with Gasteiger partial charge in [0.15, 0.2) is 5.96 Å². The number of likely N-dealkylation sites (tertiary alicyclic amines) is 1. The van der Waals surface area contributed by atoms with E-state index in [1.807, 2.05) is 24.3 Å². The molecule has 2 heterocycles. The quantitative estimate of drug-likeness (QED) is 0.319. The fourth-order valence-electron chi connectivity index (χ4n) is 4.21. The van der Waals surface area contributed by atoms with Crippen molar-refractivity contribution < 1.29 is 9.53 Å². The van der Waals surface area contributed by atoms with Crippen LogP contribution in [0.4, 0.5) is 0 Å². The van der Waals surface area contributed by atoms with Crippen molar-refractivity contribution in [1.29, 1.82) is 0 Å². The summed E-state index contributed by atoms with van der Waals surface area (Å²) in [4.78, 5) is 19.4. The highest BCUT2D eigenvalue weighted by molar-refractivity contribution is 5.94. The highest BCUT2D eigenvalue weighted by atomic mass is 16.5. The lowest BCUT2D eigenvalue weighted by Gasteiger charge is -2.20. The predicted octanol–water partition coefficient (Wildman–Crippen LogP) is 2.53. The molecule has 0 aliphatic carbocycles. The number of nitrogens with zero attached hydrogens (tertiary/aromatic N) is 2. The number of carbonyl (C=O) groups is 1. The molecule has 0 spiro atoms. The molecule has 2 aliphatic rings. The van der Waals surface area contributed by atoms with E-state index in [0.29, 0.717) is 18.7 Å². The number of amides is 1. The van der Waals surface area contributed by atoms with E-state index in [9.17, 15) is 4.79 Å². The summed E-state index contributed by atoms with van der Waals surface area (Å²) >= 11 is 0. The van der Waals surface area contributed by atoms with Crippen molar-refractivity contribution in [3.05, 3.63) is 35.4 Å². The number of nitrogens with one attached hydrogen (secondary N) is 3. The molecule has 0 aromatic heterocycles. The van der Waals surface area contributed by atoms with Crippen LogP contribution in [0.1, 0.15) is 60.9 Å². The first kappa shape index (κ1) is 23.5. The third-order valence-corrected chi connectivity index (χ3v) is 6.03. The van der Waals surface area contributed by atoms with E-state index in [1.54, 1.807) is 7.05 Å². The molecule has 2 aliphatic heterocycles. The number of rotatable bonds is 9. The molecule has 172 valence electrons. The molecule has 1 amide bonds. The Morgan fingerprint density at radius 2 is 1.97 bits per heavy atom. The molecule has 31 heavy (non-hydrogen) atoms. The monoisotopic (exact) mass is 429 g/mol. The Labute approximate surface area is 187 Å². The maximum atomic E-state index is 12.4. The van der Waals surface area contributed by atoms with Crippen molar-refractivity contribution in [2.45, 2.75) is 57.6 Å². The number of carbonyl (C=O) groups excluding carboxylic acids is 1. The molecule has 1 aromatic carbocycles. The fourth-order valence-corrected chi connectivity index (χ4v) is 4.21. The van der Waals surface area contributed by atoms with Gasteiger partial charge in [0.05, 0.1) is 6.10 Å². The van der Waals surface area contributed by atoms with Gasteiger partial charge in [-0.15, -0.1) is 0 Å². The largest absolute Gasteiger partial charge is 0.376 e. The molecule has 0 radical (unpaired) electrons. The zero-order chi connectivity index (χ0) is 21.7. The minimum Gasteiger partial charge on any atom is -0.376 e. The zero-order valence-corrected chi connectivity index (χ0v) is 19.0. The van der Waals surface area contributed by atoms with Crippen molar-refractivity contribution in [3.8, 4) is 0 Å². The van der Waals surface area contributed by atoms with Crippen LogP contribution in [0.2, 0.25) is 0 Å². The van der Waals surface area contributed by atoms with Crippen LogP contribution < -0.4 is 16.0 Å². The number of benzene rings is 1. The van der Waals surface area contributed by atoms with Gasteiger partial charge in [-0.25, -0.2) is 0 Å². The van der Waals surface area contributed by atoms with Gasteiger partial charge in [0.1, 0.15) is 0 Å². The van der Waals surface area contributed by atoms with Crippen LogP contribution in [-0.4, -0.2) is 69.2 Å². The minimum absolute atomic E-state index is 0.0478. The van der Waals surface area contributed by atoms with E-state index in [4.69, 9.17) is 4.74 Å². The SMILES string of the molecule is CN=C(NCCCN1CCCCCC1)NCc1cccc(C(=O)NCC2CCCO2)c1. The molecule has 0 saturated carbocycles. The van der Waals surface area contributed by atoms with Crippen molar-refractivity contribution in [2.24, 2.45) is 4.99 Å². The number of ether oxygens (including phenoxy) is 1. The summed E-state index contributed by atoms with van der Waals surface area (Å²) in [6, 6.07) is 7.74. The van der Waals surface area contributed by atoms with E-state index in [2.05, 4.69) is 25.8 Å². The molecule has 3 N–H and O–H groups in total. The van der Waals surface area contributed by atoms with Crippen molar-refractivity contribution in [2.75, 3.05) is 46.4 Å². The summed E-state index contributed by atoms with van der Waals surface area (Å²) in [6.07, 6.45) is 8.80. The van der Waals surface area contributed by atoms with E-state index in [0.717, 1.165) is 50.5 Å². The van der Waals surface area contributed by atoms with Crippen LogP contribution in [0.15, 0.2) is 29.3 Å². The first-order valence-corrected chi connectivity index (χ1v) is 11.9. The van der Waals surface area contributed by atoms with Crippen molar-refractivity contribution in [3.63, 3.8) is 0 Å². The Balaban J connectivity index is 1.36. The zero-order valence-electron chi connectivity index (χ0n) is 19.0. The average molecular weight is 430 g/mol. The first-order chi connectivity index (χ1) is 15.2. The van der Waals surface area contributed by atoms with Gasteiger partial charge in [-0.2, -0.15) is 0 Å². The van der Waals surface area contributed by atoms with Gasteiger partial charge >= 0.3 is 0 Å². The van der Waals surface area contributed by atoms with Crippen LogP contribution in [0, 0.1) is 0 Å². The molecule has 2 fully saturated rings. The van der Waals surface area contributed by atoms with Gasteiger partial charge in [0.25, 0.3) is 5.91 Å². The highest BCUT2D eigenvalue weighted by Crippen LogP contribution is 2.12. The lowest BCUT2D eigenvalue weighted by atomic mass is 10.1. The molecular formula is C24H39N5O2. The lowest BCUT2D eigenvalue weighted by Crippen LogP contribution is -2.38. The second-order valence-electron chi connectivity index (χ2n) is 8.51. The fraction of sp³-hybridized carbons (Fsp3) is 0.667. The third-order valence-electron chi connectivity index (χ3n) is 6.03. The van der Waals surface area contributed by atoms with Crippen molar-refractivity contribution >= 4 is 11.9 Å². The molecule has 2 saturated heterocycles. The van der Waals surface area contributed by atoms with Gasteiger partial charge in [0.2, 0.25) is 0 Å². The molecule has 1 atom stereocenters. The maximum absolute atomic E-state index is 12.4. The van der Waals surface area contributed by atoms with Crippen LogP contribution in [0.3, 0.4) is 0 Å². The Hall–Kier alpha value is -2.12. The number of aliphatic imine (C=N–C) groups is 1. The molecule has 7 nitrogen and oxygen atoms in total. The maximum Gasteiger partial charge on any atom is 0.251 e. The second kappa shape index (κ2) is 13.3. The Morgan fingerprint density at radius 1 is 1.13 bits per heavy atom. The van der Waals surface area contributed by atoms with Crippen LogP contribution in [0.25, 0.3) is 0 Å². The molecule has 1 unspecified atom stereocenters. The van der Waals surface area contributed by atoms with Crippen LogP contribution in [-0.2, 0) is 11.3 Å². The summed E-state index contributed by atoms with van der Waals surface area (Å²) in [5, 5.41) is 9.74. The Bertz CT molecular complexity index is 695. The van der Waals surface area contributed by atoms with Gasteiger partial charge in [-0.1, -0.05) is 25.0 Å². The van der Waals surface area contributed by atoms with Gasteiger partial charge in [-0.05, 0) is 69.4 Å². The number of guanidine groups is 1. The first-order valence-electron chi connectivity index (χ1n) is 11.9. The molecule has 3 rings (SSSR count). The Morgan fingerprint density at radius 3 is 2.71 bits per heavy atom. The molecule has 1 aromatic rings. The summed E-state index contributed by atoms with van der Waals surface area (Å²) in [7, 11) is 1.79. The van der Waals surface area contributed by atoms with Crippen LogP contribution in [0.5, 0.6) is 0 Å². The summed E-state index contributed by atoms with van der Waals surface area (Å²) < 4.78 is 5.57. The molecule has 0 bridgehead atoms. The summed E-state index contributed by atoms with van der Waals surface area (Å²) in [6.45, 7) is 6.54. The van der Waals surface area contributed by atoms with Gasteiger partial charge in [-0.3, -0.25) is 9.79 Å². The summed E-state index contributed by atoms with van der Waals surface area (Å²) in [5.41, 5.74) is 1.73. The van der Waals surface area contributed by atoms with E-state index in [1.165, 1.54) is 38.8 Å². The van der Waals surface area contributed by atoms with Gasteiger partial charge < -0.3 is 25.6 Å². The number of hydrogen-bond donors (Lipinski definition) is 3. The normalized spacial score (nSPS) is 20.3. The smallest absolute Gasteiger partial charge is 0.251 e. The topological polar surface area (TPSA) is 78.0 Å². The van der Waals surface area contributed by atoms with Crippen molar-refractivity contribution in [1.82, 2.24) is 20.9 Å². The average Bonchev–Trinajstić information content (AvgIpc) is 3.19. The van der Waals surface area contributed by atoms with E-state index in [-0.39, 0.29) is 12.0 Å². The third kappa shape index (κ3) is 8.50. The second-order valence-corrected chi connectivity index (χ2v) is 8.51. The summed E-state index contributed by atoms with van der Waals surface area (Å²) in [5.74, 6) is 0.748. The Kier molecular flexibility index (Phi) is 10.1. The number of hydrogen-bond acceptors (Lipinski definition) is 4. The predicted molar refractivity (Wildman–Crippen MR) is 125 cm³/mol. The van der Waals surface area contributed by atoms with Gasteiger partial charge in [0, 0.05) is 38.9 Å². The highest BCUT2D eigenvalue weighted by Gasteiger charge is 2.16. The lowest BCUT2D eigenvalue weighted by molar-refractivity contribution is 0.0857. The molecule has 7 heteroatoms. The van der Waals surface area contributed by atoms with Crippen LogP contribution >= 0.6 is 0 Å².